The maximum atomic E-state index is 9.50. The van der Waals surface area contributed by atoms with Crippen LogP contribution in [0.4, 0.5) is 0 Å². The lowest BCUT2D eigenvalue weighted by Gasteiger charge is -2.33. The van der Waals surface area contributed by atoms with Gasteiger partial charge in [-0.3, -0.25) is 0 Å². The Kier molecular flexibility index (Phi) is 3.34. The lowest BCUT2D eigenvalue weighted by Crippen LogP contribution is -2.33. The molecule has 3 aliphatic rings. The van der Waals surface area contributed by atoms with Gasteiger partial charge in [-0.25, -0.2) is 0 Å². The summed E-state index contributed by atoms with van der Waals surface area (Å²) < 4.78 is 11.7. The third-order valence-electron chi connectivity index (χ3n) is 5.16. The summed E-state index contributed by atoms with van der Waals surface area (Å²) in [6.07, 6.45) is 10.5. The average Bonchev–Trinajstić information content (AvgIpc) is 3.02. The van der Waals surface area contributed by atoms with Gasteiger partial charge < -0.3 is 9.47 Å². The summed E-state index contributed by atoms with van der Waals surface area (Å²) in [5.74, 6) is 0. The number of ether oxygens (including phenoxy) is 2. The molecule has 3 fully saturated rings. The van der Waals surface area contributed by atoms with Crippen LogP contribution in [0, 0.1) is 16.7 Å². The van der Waals surface area contributed by atoms with Gasteiger partial charge in [0.1, 0.15) is 0 Å². The Labute approximate surface area is 109 Å². The van der Waals surface area contributed by atoms with Gasteiger partial charge in [-0.2, -0.15) is 5.26 Å². The topological polar surface area (TPSA) is 42.2 Å². The first-order chi connectivity index (χ1) is 8.76. The third kappa shape index (κ3) is 2.29. The zero-order valence-electron chi connectivity index (χ0n) is 11.1. The van der Waals surface area contributed by atoms with Crippen molar-refractivity contribution in [1.29, 1.82) is 5.26 Å². The SMILES string of the molecule is N#CC1(CC2CCC3(CCCC3)O2)CCOCC1. The lowest BCUT2D eigenvalue weighted by molar-refractivity contribution is -0.0600. The maximum absolute atomic E-state index is 9.50. The molecule has 0 bridgehead atoms. The van der Waals surface area contributed by atoms with Crippen LogP contribution in [0.1, 0.15) is 57.8 Å². The Morgan fingerprint density at radius 3 is 2.44 bits per heavy atom. The second-order valence-corrected chi connectivity index (χ2v) is 6.38. The first kappa shape index (κ1) is 12.4. The van der Waals surface area contributed by atoms with E-state index < -0.39 is 0 Å². The van der Waals surface area contributed by atoms with Gasteiger partial charge >= 0.3 is 0 Å². The Bertz CT molecular complexity index is 335. The van der Waals surface area contributed by atoms with Crippen molar-refractivity contribution in [3.8, 4) is 6.07 Å². The minimum Gasteiger partial charge on any atom is -0.381 e. The molecule has 0 N–H and O–H groups in total. The number of nitrogens with zero attached hydrogens (tertiary/aromatic N) is 1. The van der Waals surface area contributed by atoms with Gasteiger partial charge in [-0.15, -0.1) is 0 Å². The molecule has 0 aromatic rings. The van der Waals surface area contributed by atoms with Crippen molar-refractivity contribution < 1.29 is 9.47 Å². The van der Waals surface area contributed by atoms with E-state index in [0.717, 1.165) is 38.9 Å². The fraction of sp³-hybridized carbons (Fsp3) is 0.933. The fourth-order valence-corrected chi connectivity index (χ4v) is 3.99. The summed E-state index contributed by atoms with van der Waals surface area (Å²) in [6.45, 7) is 1.48. The van der Waals surface area contributed by atoms with Gasteiger partial charge in [0.2, 0.25) is 0 Å². The van der Waals surface area contributed by atoms with Crippen molar-refractivity contribution in [2.45, 2.75) is 69.5 Å². The van der Waals surface area contributed by atoms with Gasteiger partial charge in [0.25, 0.3) is 0 Å². The molecule has 3 nitrogen and oxygen atoms in total. The van der Waals surface area contributed by atoms with Crippen molar-refractivity contribution in [3.05, 3.63) is 0 Å². The van der Waals surface area contributed by atoms with Crippen molar-refractivity contribution in [1.82, 2.24) is 0 Å². The normalized spacial score (nSPS) is 33.6. The molecule has 0 aromatic heterocycles. The third-order valence-corrected chi connectivity index (χ3v) is 5.16. The van der Waals surface area contributed by atoms with E-state index in [2.05, 4.69) is 6.07 Å². The molecule has 1 saturated carbocycles. The Morgan fingerprint density at radius 1 is 1.06 bits per heavy atom. The van der Waals surface area contributed by atoms with Gasteiger partial charge in [-0.1, -0.05) is 12.8 Å². The summed E-state index contributed by atoms with van der Waals surface area (Å²) in [7, 11) is 0. The van der Waals surface area contributed by atoms with E-state index in [1.807, 2.05) is 0 Å². The number of nitriles is 1. The molecule has 1 atom stereocenters. The summed E-state index contributed by atoms with van der Waals surface area (Å²) in [6, 6.07) is 2.56. The highest BCUT2D eigenvalue weighted by atomic mass is 16.5. The van der Waals surface area contributed by atoms with Crippen LogP contribution < -0.4 is 0 Å². The average molecular weight is 249 g/mol. The molecule has 0 aromatic carbocycles. The van der Waals surface area contributed by atoms with Crippen LogP contribution in [0.2, 0.25) is 0 Å². The summed E-state index contributed by atoms with van der Waals surface area (Å²) in [5.41, 5.74) is 0.0273. The molecule has 3 heteroatoms. The van der Waals surface area contributed by atoms with Crippen LogP contribution in [-0.2, 0) is 9.47 Å². The standard InChI is InChI=1S/C15H23NO2/c16-12-14(7-9-17-10-8-14)11-13-3-6-15(18-13)4-1-2-5-15/h13H,1-11H2. The first-order valence-corrected chi connectivity index (χ1v) is 7.43. The smallest absolute Gasteiger partial charge is 0.0692 e. The van der Waals surface area contributed by atoms with Crippen molar-refractivity contribution in [3.63, 3.8) is 0 Å². The molecule has 2 saturated heterocycles. The molecular formula is C15H23NO2. The lowest BCUT2D eigenvalue weighted by atomic mass is 9.76. The second-order valence-electron chi connectivity index (χ2n) is 6.38. The molecule has 1 aliphatic carbocycles. The van der Waals surface area contributed by atoms with E-state index >= 15 is 0 Å². The molecule has 1 spiro atoms. The highest BCUT2D eigenvalue weighted by Gasteiger charge is 2.45. The van der Waals surface area contributed by atoms with Crippen molar-refractivity contribution in [2.24, 2.45) is 5.41 Å². The van der Waals surface area contributed by atoms with E-state index in [1.54, 1.807) is 0 Å². The molecule has 3 rings (SSSR count). The molecule has 18 heavy (non-hydrogen) atoms. The van der Waals surface area contributed by atoms with Crippen LogP contribution in [0.25, 0.3) is 0 Å². The zero-order chi connectivity index (χ0) is 12.5. The predicted molar refractivity (Wildman–Crippen MR) is 68.0 cm³/mol. The zero-order valence-corrected chi connectivity index (χ0v) is 11.1. The summed E-state index contributed by atoms with van der Waals surface area (Å²) >= 11 is 0. The number of hydrogen-bond donors (Lipinski definition) is 0. The predicted octanol–water partition coefficient (Wildman–Crippen LogP) is 3.19. The van der Waals surface area contributed by atoms with E-state index in [1.165, 1.54) is 32.1 Å². The summed E-state index contributed by atoms with van der Waals surface area (Å²) in [4.78, 5) is 0. The van der Waals surface area contributed by atoms with E-state index in [-0.39, 0.29) is 11.0 Å². The van der Waals surface area contributed by atoms with E-state index in [4.69, 9.17) is 9.47 Å². The molecule has 0 amide bonds. The molecule has 100 valence electrons. The highest BCUT2D eigenvalue weighted by Crippen LogP contribution is 2.47. The second kappa shape index (κ2) is 4.83. The summed E-state index contributed by atoms with van der Waals surface area (Å²) in [5, 5.41) is 9.50. The van der Waals surface area contributed by atoms with Crippen LogP contribution >= 0.6 is 0 Å². The van der Waals surface area contributed by atoms with Crippen molar-refractivity contribution >= 4 is 0 Å². The van der Waals surface area contributed by atoms with Gasteiger partial charge in [-0.05, 0) is 44.9 Å². The quantitative estimate of drug-likeness (QED) is 0.754. The van der Waals surface area contributed by atoms with Gasteiger partial charge in [0, 0.05) is 13.2 Å². The van der Waals surface area contributed by atoms with Crippen molar-refractivity contribution in [2.75, 3.05) is 13.2 Å². The first-order valence-electron chi connectivity index (χ1n) is 7.43. The molecule has 2 heterocycles. The van der Waals surface area contributed by atoms with Gasteiger partial charge in [0.05, 0.1) is 23.2 Å². The van der Waals surface area contributed by atoms with Crippen LogP contribution in [0.15, 0.2) is 0 Å². The fourth-order valence-electron chi connectivity index (χ4n) is 3.99. The van der Waals surface area contributed by atoms with Crippen LogP contribution in [-0.4, -0.2) is 24.9 Å². The van der Waals surface area contributed by atoms with Gasteiger partial charge in [0.15, 0.2) is 0 Å². The molecule has 0 radical (unpaired) electrons. The molecule has 2 aliphatic heterocycles. The van der Waals surface area contributed by atoms with Crippen LogP contribution in [0.5, 0.6) is 0 Å². The maximum Gasteiger partial charge on any atom is 0.0692 e. The largest absolute Gasteiger partial charge is 0.381 e. The molecule has 1 unspecified atom stereocenters. The monoisotopic (exact) mass is 249 g/mol. The number of hydrogen-bond acceptors (Lipinski definition) is 3. The van der Waals surface area contributed by atoms with E-state index in [0.29, 0.717) is 6.10 Å². The Balaban J connectivity index is 1.61. The number of rotatable bonds is 2. The molecular weight excluding hydrogens is 226 g/mol. The Morgan fingerprint density at radius 2 is 1.78 bits per heavy atom. The van der Waals surface area contributed by atoms with E-state index in [9.17, 15) is 5.26 Å². The minimum absolute atomic E-state index is 0.174. The Hall–Kier alpha value is -0.590. The van der Waals surface area contributed by atoms with Crippen LogP contribution in [0.3, 0.4) is 0 Å². The minimum atomic E-state index is -0.174. The highest BCUT2D eigenvalue weighted by molar-refractivity contribution is 5.03.